The van der Waals surface area contributed by atoms with Crippen molar-refractivity contribution in [3.05, 3.63) is 15.5 Å². The molecule has 0 aliphatic carbocycles. The Bertz CT molecular complexity index is 522. The van der Waals surface area contributed by atoms with Crippen LogP contribution < -0.4 is 0 Å². The van der Waals surface area contributed by atoms with Crippen molar-refractivity contribution < 1.29 is 19.4 Å². The summed E-state index contributed by atoms with van der Waals surface area (Å²) in [6, 6.07) is -0.579. The van der Waals surface area contributed by atoms with Crippen LogP contribution in [-0.4, -0.2) is 47.1 Å². The average Bonchev–Trinajstić information content (AvgIpc) is 2.78. The van der Waals surface area contributed by atoms with Gasteiger partial charge in [0.2, 0.25) is 5.91 Å². The van der Waals surface area contributed by atoms with Crippen LogP contribution in [0.1, 0.15) is 30.3 Å². The third-order valence-corrected chi connectivity index (χ3v) is 4.73. The Morgan fingerprint density at radius 2 is 2.43 bits per heavy atom. The van der Waals surface area contributed by atoms with Crippen LogP contribution >= 0.6 is 22.9 Å². The lowest BCUT2D eigenvalue weighted by Crippen LogP contribution is -2.40. The Morgan fingerprint density at radius 3 is 3.00 bits per heavy atom. The van der Waals surface area contributed by atoms with Crippen LogP contribution in [0.4, 0.5) is 0 Å². The summed E-state index contributed by atoms with van der Waals surface area (Å²) in [6.07, 6.45) is 2.86. The minimum Gasteiger partial charge on any atom is -0.481 e. The van der Waals surface area contributed by atoms with Crippen LogP contribution in [0.3, 0.4) is 0 Å². The molecule has 1 saturated heterocycles. The number of aliphatic carboxylic acids is 1. The van der Waals surface area contributed by atoms with E-state index in [2.05, 4.69) is 4.98 Å². The molecule has 116 valence electrons. The van der Waals surface area contributed by atoms with Gasteiger partial charge in [-0.3, -0.25) is 9.59 Å². The van der Waals surface area contributed by atoms with E-state index in [0.29, 0.717) is 41.8 Å². The zero-order chi connectivity index (χ0) is 15.4. The van der Waals surface area contributed by atoms with Gasteiger partial charge < -0.3 is 14.7 Å². The number of nitrogens with zero attached hydrogens (tertiary/aromatic N) is 2. The van der Waals surface area contributed by atoms with Gasteiger partial charge in [0, 0.05) is 20.1 Å². The van der Waals surface area contributed by atoms with E-state index in [-0.39, 0.29) is 5.91 Å². The van der Waals surface area contributed by atoms with Crippen LogP contribution in [0.15, 0.2) is 6.20 Å². The Hall–Kier alpha value is -1.18. The van der Waals surface area contributed by atoms with Crippen molar-refractivity contribution in [2.24, 2.45) is 5.92 Å². The molecule has 1 N–H and O–H groups in total. The van der Waals surface area contributed by atoms with Crippen LogP contribution in [-0.2, 0) is 14.3 Å². The van der Waals surface area contributed by atoms with Gasteiger partial charge in [0.25, 0.3) is 0 Å². The molecule has 0 saturated carbocycles. The van der Waals surface area contributed by atoms with Gasteiger partial charge in [0.15, 0.2) is 0 Å². The summed E-state index contributed by atoms with van der Waals surface area (Å²) in [6.45, 7) is 0.703. The molecule has 2 atom stereocenters. The van der Waals surface area contributed by atoms with Gasteiger partial charge in [-0.1, -0.05) is 11.6 Å². The van der Waals surface area contributed by atoms with Crippen LogP contribution in [0.5, 0.6) is 0 Å². The quantitative estimate of drug-likeness (QED) is 0.894. The summed E-state index contributed by atoms with van der Waals surface area (Å²) in [5, 5.41) is 10.1. The molecule has 6 nitrogen and oxygen atoms in total. The highest BCUT2D eigenvalue weighted by molar-refractivity contribution is 7.15. The van der Waals surface area contributed by atoms with Crippen LogP contribution in [0.25, 0.3) is 0 Å². The number of carboxylic acid groups (broad SMARTS) is 1. The van der Waals surface area contributed by atoms with Crippen molar-refractivity contribution in [2.75, 3.05) is 20.3 Å². The molecule has 2 unspecified atom stereocenters. The van der Waals surface area contributed by atoms with E-state index in [1.54, 1.807) is 12.0 Å². The number of thiazole rings is 1. The molecule has 0 aromatic carbocycles. The van der Waals surface area contributed by atoms with Gasteiger partial charge in [-0.15, -0.1) is 11.3 Å². The zero-order valence-electron chi connectivity index (χ0n) is 11.6. The maximum atomic E-state index is 12.3. The van der Waals surface area contributed by atoms with E-state index in [4.69, 9.17) is 16.3 Å². The molecule has 0 radical (unpaired) electrons. The van der Waals surface area contributed by atoms with Crippen molar-refractivity contribution >= 4 is 34.8 Å². The summed E-state index contributed by atoms with van der Waals surface area (Å²) in [7, 11) is 1.55. The molecule has 0 bridgehead atoms. The van der Waals surface area contributed by atoms with Crippen molar-refractivity contribution in [2.45, 2.75) is 25.3 Å². The number of carbonyl (C=O) groups excluding carboxylic acids is 1. The molecule has 0 spiro atoms. The van der Waals surface area contributed by atoms with E-state index in [0.717, 1.165) is 0 Å². The fraction of sp³-hybridized carbons (Fsp3) is 0.615. The average molecular weight is 333 g/mol. The van der Waals surface area contributed by atoms with Crippen molar-refractivity contribution in [3.8, 4) is 0 Å². The number of halogens is 1. The molecule has 1 aromatic heterocycles. The predicted molar refractivity (Wildman–Crippen MR) is 78.4 cm³/mol. The number of likely N-dealkylation sites (tertiary alicyclic amines) is 1. The van der Waals surface area contributed by atoms with Gasteiger partial charge in [0.1, 0.15) is 9.34 Å². The third kappa shape index (κ3) is 3.72. The number of amides is 1. The number of hydrogen-bond donors (Lipinski definition) is 1. The first-order valence-corrected chi connectivity index (χ1v) is 7.86. The molecule has 1 amide bonds. The lowest BCUT2D eigenvalue weighted by atomic mass is 9.95. The Balaban J connectivity index is 2.38. The lowest BCUT2D eigenvalue weighted by molar-refractivity contribution is -0.146. The molecule has 1 aliphatic heterocycles. The van der Waals surface area contributed by atoms with Crippen molar-refractivity contribution in [1.82, 2.24) is 9.88 Å². The third-order valence-electron chi connectivity index (χ3n) is 3.54. The predicted octanol–water partition coefficient (Wildman–Crippen LogP) is 2.20. The second-order valence-corrected chi connectivity index (χ2v) is 6.56. The number of carbonyl (C=O) groups is 2. The van der Waals surface area contributed by atoms with E-state index < -0.39 is 17.9 Å². The smallest absolute Gasteiger partial charge is 0.309 e. The van der Waals surface area contributed by atoms with Crippen LogP contribution in [0, 0.1) is 5.92 Å². The number of rotatable bonds is 5. The molecule has 2 rings (SSSR count). The highest BCUT2D eigenvalue weighted by Crippen LogP contribution is 2.38. The van der Waals surface area contributed by atoms with Crippen molar-refractivity contribution in [1.29, 1.82) is 0 Å². The number of hydrogen-bond acceptors (Lipinski definition) is 5. The molecule has 21 heavy (non-hydrogen) atoms. The Kier molecular flexibility index (Phi) is 5.55. The van der Waals surface area contributed by atoms with E-state index in [1.807, 2.05) is 0 Å². The normalized spacial score (nSPS) is 23.1. The van der Waals surface area contributed by atoms with Gasteiger partial charge in [0.05, 0.1) is 24.8 Å². The van der Waals surface area contributed by atoms with Gasteiger partial charge in [-0.05, 0) is 12.8 Å². The minimum atomic E-state index is -0.913. The maximum Gasteiger partial charge on any atom is 0.309 e. The minimum absolute atomic E-state index is 0.0628. The monoisotopic (exact) mass is 332 g/mol. The Morgan fingerprint density at radius 1 is 1.67 bits per heavy atom. The molecule has 2 heterocycles. The second-order valence-electron chi connectivity index (χ2n) is 4.86. The fourth-order valence-electron chi connectivity index (χ4n) is 2.57. The molecule has 1 aliphatic rings. The summed E-state index contributed by atoms with van der Waals surface area (Å²) in [5.74, 6) is -1.65. The standard InChI is InChI=1S/C13H17ClN2O4S/c1-20-6-5-16-10(17)4-2-3-8(13(18)19)11(16)12-15-7-9(14)21-12/h7-8,11H,2-6H2,1H3,(H,18,19). The summed E-state index contributed by atoms with van der Waals surface area (Å²) >= 11 is 7.14. The van der Waals surface area contributed by atoms with Gasteiger partial charge >= 0.3 is 5.97 Å². The van der Waals surface area contributed by atoms with Gasteiger partial charge in [-0.2, -0.15) is 0 Å². The van der Waals surface area contributed by atoms with Crippen molar-refractivity contribution in [3.63, 3.8) is 0 Å². The number of ether oxygens (including phenoxy) is 1. The summed E-state index contributed by atoms with van der Waals surface area (Å²) in [4.78, 5) is 29.7. The first-order valence-electron chi connectivity index (χ1n) is 6.67. The number of aromatic nitrogens is 1. The first-order chi connectivity index (χ1) is 10.0. The fourth-order valence-corrected chi connectivity index (χ4v) is 3.68. The molecule has 1 aromatic rings. The maximum absolute atomic E-state index is 12.3. The molecule has 1 fully saturated rings. The SMILES string of the molecule is COCCN1C(=O)CCCC(C(=O)O)C1c1ncc(Cl)s1. The van der Waals surface area contributed by atoms with Crippen LogP contribution in [0.2, 0.25) is 4.34 Å². The van der Waals surface area contributed by atoms with E-state index in [1.165, 1.54) is 17.5 Å². The molecular weight excluding hydrogens is 316 g/mol. The largest absolute Gasteiger partial charge is 0.481 e. The van der Waals surface area contributed by atoms with E-state index >= 15 is 0 Å². The zero-order valence-corrected chi connectivity index (χ0v) is 13.2. The summed E-state index contributed by atoms with van der Waals surface area (Å²) < 4.78 is 5.52. The second kappa shape index (κ2) is 7.20. The van der Waals surface area contributed by atoms with Gasteiger partial charge in [-0.25, -0.2) is 4.98 Å². The summed E-state index contributed by atoms with van der Waals surface area (Å²) in [5.41, 5.74) is 0. The molecular formula is C13H17ClN2O4S. The highest BCUT2D eigenvalue weighted by atomic mass is 35.5. The molecule has 8 heteroatoms. The van der Waals surface area contributed by atoms with E-state index in [9.17, 15) is 14.7 Å². The lowest BCUT2D eigenvalue weighted by Gasteiger charge is -2.31. The number of carboxylic acids is 1. The highest BCUT2D eigenvalue weighted by Gasteiger charge is 2.40. The number of methoxy groups -OCH3 is 1. The Labute approximate surface area is 131 Å². The topological polar surface area (TPSA) is 79.7 Å². The first kappa shape index (κ1) is 16.2.